The monoisotopic (exact) mass is 404 g/mol. The van der Waals surface area contributed by atoms with E-state index in [2.05, 4.69) is 0 Å². The van der Waals surface area contributed by atoms with E-state index >= 15 is 0 Å². The van der Waals surface area contributed by atoms with E-state index in [1.807, 2.05) is 30.3 Å². The van der Waals surface area contributed by atoms with Crippen LogP contribution in [0.1, 0.15) is 55.3 Å². The third kappa shape index (κ3) is 5.25. The van der Waals surface area contributed by atoms with E-state index in [0.29, 0.717) is 23.0 Å². The van der Waals surface area contributed by atoms with Gasteiger partial charge in [0.1, 0.15) is 0 Å². The number of halogens is 1. The number of aliphatic hydroxyl groups excluding tert-OH is 1. The zero-order valence-electron chi connectivity index (χ0n) is 15.0. The molecule has 4 rings (SSSR count). The van der Waals surface area contributed by atoms with Gasteiger partial charge in [0.25, 0.3) is 0 Å². The zero-order valence-corrected chi connectivity index (χ0v) is 15.8. The Morgan fingerprint density at radius 1 is 1.21 bits per heavy atom. The zero-order chi connectivity index (χ0) is 19.6. The second-order valence-corrected chi connectivity index (χ2v) is 7.73. The molecule has 2 aromatic rings. The molecule has 152 valence electrons. The summed E-state index contributed by atoms with van der Waals surface area (Å²) in [7, 11) is 0. The van der Waals surface area contributed by atoms with Gasteiger partial charge in [-0.1, -0.05) is 49.4 Å². The lowest BCUT2D eigenvalue weighted by atomic mass is 9.91. The van der Waals surface area contributed by atoms with Crippen LogP contribution in [0.15, 0.2) is 42.5 Å². The Kier molecular flexibility index (Phi) is 7.47. The van der Waals surface area contributed by atoms with Crippen LogP contribution < -0.4 is 11.5 Å². The summed E-state index contributed by atoms with van der Waals surface area (Å²) >= 11 is 5.84. The van der Waals surface area contributed by atoms with Crippen molar-refractivity contribution >= 4 is 23.3 Å². The van der Waals surface area contributed by atoms with Gasteiger partial charge in [0, 0.05) is 6.42 Å². The third-order valence-corrected chi connectivity index (χ3v) is 5.64. The Balaban J connectivity index is 0.000000205. The highest BCUT2D eigenvalue weighted by Gasteiger charge is 2.33. The minimum absolute atomic E-state index is 0. The minimum atomic E-state index is -0.759. The number of carboxylic acid groups (broad SMARTS) is 1. The molecule has 2 aromatic carbocycles. The summed E-state index contributed by atoms with van der Waals surface area (Å²) in [6.45, 7) is 0. The highest BCUT2D eigenvalue weighted by atomic mass is 35.5. The molecule has 5 nitrogen and oxygen atoms in total. The molecule has 0 spiro atoms. The standard InChI is InChI=1S/C12H14ClNO2.C9H11NO.CH4/c13-10-4-3-8(5-11(10)14)9(6-12(15)16)7-1-2-7;10-9-7-4-2-1-3-6(7)5-8(9)11;/h3-5,7,9H,1-2,6,14H2,(H,15,16);1-4,8-9,11H,5,10H2;1H4/t9-;8-,9+;/m01./s1. The molecule has 1 fully saturated rings. The second-order valence-electron chi connectivity index (χ2n) is 7.32. The normalized spacial score (nSPS) is 21.0. The van der Waals surface area contributed by atoms with Gasteiger partial charge in [0.05, 0.1) is 29.3 Å². The molecule has 6 heteroatoms. The van der Waals surface area contributed by atoms with Gasteiger partial charge >= 0.3 is 5.97 Å². The Morgan fingerprint density at radius 3 is 2.46 bits per heavy atom. The quantitative estimate of drug-likeness (QED) is 0.573. The van der Waals surface area contributed by atoms with Crippen molar-refractivity contribution in [1.29, 1.82) is 0 Å². The molecule has 0 bridgehead atoms. The number of aliphatic carboxylic acids is 1. The van der Waals surface area contributed by atoms with Gasteiger partial charge in [0.15, 0.2) is 0 Å². The number of carbonyl (C=O) groups is 1. The molecule has 0 heterocycles. The van der Waals surface area contributed by atoms with Crippen LogP contribution in [0.25, 0.3) is 0 Å². The number of aliphatic hydroxyl groups is 1. The van der Waals surface area contributed by atoms with Crippen molar-refractivity contribution in [2.24, 2.45) is 11.7 Å². The summed E-state index contributed by atoms with van der Waals surface area (Å²) < 4.78 is 0. The van der Waals surface area contributed by atoms with E-state index in [4.69, 9.17) is 28.2 Å². The van der Waals surface area contributed by atoms with Gasteiger partial charge in [-0.2, -0.15) is 0 Å². The highest BCUT2D eigenvalue weighted by Crippen LogP contribution is 2.45. The van der Waals surface area contributed by atoms with Crippen LogP contribution in [0, 0.1) is 5.92 Å². The molecule has 0 aromatic heterocycles. The second kappa shape index (κ2) is 9.41. The first-order chi connectivity index (χ1) is 12.9. The summed E-state index contributed by atoms with van der Waals surface area (Å²) in [5.74, 6) is -0.181. The molecular weight excluding hydrogens is 376 g/mol. The molecule has 1 saturated carbocycles. The molecule has 28 heavy (non-hydrogen) atoms. The smallest absolute Gasteiger partial charge is 0.303 e. The van der Waals surface area contributed by atoms with Crippen molar-refractivity contribution in [2.75, 3.05) is 5.73 Å². The van der Waals surface area contributed by atoms with Crippen LogP contribution in [0.2, 0.25) is 5.02 Å². The van der Waals surface area contributed by atoms with Crippen molar-refractivity contribution in [2.45, 2.75) is 51.2 Å². The Hall–Kier alpha value is -2.08. The summed E-state index contributed by atoms with van der Waals surface area (Å²) in [5, 5.41) is 18.8. The third-order valence-electron chi connectivity index (χ3n) is 5.29. The number of fused-ring (bicyclic) bond motifs is 1. The molecule has 0 unspecified atom stereocenters. The van der Waals surface area contributed by atoms with E-state index in [-0.39, 0.29) is 31.9 Å². The fraction of sp³-hybridized carbons (Fsp3) is 0.409. The van der Waals surface area contributed by atoms with Crippen molar-refractivity contribution in [1.82, 2.24) is 0 Å². The number of nitrogens with two attached hydrogens (primary N) is 2. The average molecular weight is 405 g/mol. The molecule has 0 radical (unpaired) electrons. The predicted octanol–water partition coefficient (Wildman–Crippen LogP) is 4.13. The molecule has 2 aliphatic carbocycles. The average Bonchev–Trinajstić information content (AvgIpc) is 3.43. The molecule has 0 aliphatic heterocycles. The van der Waals surface area contributed by atoms with Crippen LogP contribution >= 0.6 is 11.6 Å². The fourth-order valence-electron chi connectivity index (χ4n) is 3.64. The van der Waals surface area contributed by atoms with Crippen LogP contribution in [0.3, 0.4) is 0 Å². The highest BCUT2D eigenvalue weighted by molar-refractivity contribution is 6.33. The number of rotatable bonds is 4. The number of hydrogen-bond donors (Lipinski definition) is 4. The van der Waals surface area contributed by atoms with E-state index in [0.717, 1.165) is 24.0 Å². The lowest BCUT2D eigenvalue weighted by Crippen LogP contribution is -2.21. The van der Waals surface area contributed by atoms with Crippen molar-refractivity contribution in [3.05, 3.63) is 64.2 Å². The topological polar surface area (TPSA) is 110 Å². The first-order valence-electron chi connectivity index (χ1n) is 9.15. The lowest BCUT2D eigenvalue weighted by Gasteiger charge is -2.15. The molecular formula is C22H29ClN2O3. The van der Waals surface area contributed by atoms with Crippen molar-refractivity contribution in [3.63, 3.8) is 0 Å². The van der Waals surface area contributed by atoms with Gasteiger partial charge in [-0.25, -0.2) is 0 Å². The molecule has 2 aliphatic rings. The maximum absolute atomic E-state index is 10.8. The van der Waals surface area contributed by atoms with E-state index in [9.17, 15) is 9.90 Å². The van der Waals surface area contributed by atoms with Gasteiger partial charge in [0.2, 0.25) is 0 Å². The Bertz CT molecular complexity index is 823. The summed E-state index contributed by atoms with van der Waals surface area (Å²) in [6, 6.07) is 13.2. The maximum Gasteiger partial charge on any atom is 0.303 e. The van der Waals surface area contributed by atoms with Crippen LogP contribution in [0.5, 0.6) is 0 Å². The van der Waals surface area contributed by atoms with Crippen LogP contribution in [-0.4, -0.2) is 22.3 Å². The van der Waals surface area contributed by atoms with Gasteiger partial charge in [-0.15, -0.1) is 0 Å². The number of benzene rings is 2. The molecule has 0 amide bonds. The first-order valence-corrected chi connectivity index (χ1v) is 9.52. The summed E-state index contributed by atoms with van der Waals surface area (Å²) in [6.07, 6.45) is 2.72. The number of carboxylic acids is 1. The Morgan fingerprint density at radius 2 is 1.89 bits per heavy atom. The lowest BCUT2D eigenvalue weighted by molar-refractivity contribution is -0.137. The van der Waals surface area contributed by atoms with Crippen LogP contribution in [-0.2, 0) is 11.2 Å². The fourth-order valence-corrected chi connectivity index (χ4v) is 3.76. The molecule has 6 N–H and O–H groups in total. The van der Waals surface area contributed by atoms with E-state index in [1.165, 1.54) is 5.56 Å². The number of anilines is 1. The SMILES string of the molecule is C.N[C@H]1c2ccccc2C[C@H]1O.Nc1cc([C@@H](CC(=O)O)C2CC2)ccc1Cl. The number of nitrogen functional groups attached to an aromatic ring is 1. The van der Waals surface area contributed by atoms with Gasteiger partial charge in [-0.3, -0.25) is 4.79 Å². The van der Waals surface area contributed by atoms with Crippen molar-refractivity contribution in [3.8, 4) is 0 Å². The largest absolute Gasteiger partial charge is 0.481 e. The Labute approximate surface area is 171 Å². The molecule has 3 atom stereocenters. The predicted molar refractivity (Wildman–Crippen MR) is 113 cm³/mol. The maximum atomic E-state index is 10.8. The number of hydrogen-bond acceptors (Lipinski definition) is 4. The minimum Gasteiger partial charge on any atom is -0.481 e. The summed E-state index contributed by atoms with van der Waals surface area (Å²) in [5.41, 5.74) is 15.3. The van der Waals surface area contributed by atoms with E-state index in [1.54, 1.807) is 12.1 Å². The molecule has 0 saturated heterocycles. The van der Waals surface area contributed by atoms with E-state index < -0.39 is 5.97 Å². The van der Waals surface area contributed by atoms with Gasteiger partial charge in [-0.05, 0) is 53.5 Å². The first kappa shape index (κ1) is 22.2. The van der Waals surface area contributed by atoms with Crippen molar-refractivity contribution < 1.29 is 15.0 Å². The van der Waals surface area contributed by atoms with Gasteiger partial charge < -0.3 is 21.7 Å². The summed E-state index contributed by atoms with van der Waals surface area (Å²) in [4.78, 5) is 10.8. The van der Waals surface area contributed by atoms with Crippen LogP contribution in [0.4, 0.5) is 5.69 Å².